The first-order chi connectivity index (χ1) is 12.1. The third-order valence-electron chi connectivity index (χ3n) is 3.96. The number of hydrogen-bond acceptors (Lipinski definition) is 4. The second-order valence-electron chi connectivity index (χ2n) is 5.82. The van der Waals surface area contributed by atoms with Crippen LogP contribution in [0.2, 0.25) is 0 Å². The highest BCUT2D eigenvalue weighted by atomic mass is 16.3. The van der Waals surface area contributed by atoms with Crippen molar-refractivity contribution >= 4 is 11.7 Å². The number of carbonyl (C=O) groups excluding carboxylic acids is 1. The molecule has 0 aliphatic rings. The predicted molar refractivity (Wildman–Crippen MR) is 94.0 cm³/mol. The maximum absolute atomic E-state index is 12.0. The summed E-state index contributed by atoms with van der Waals surface area (Å²) in [5.74, 6) is 0.662. The van der Waals surface area contributed by atoms with Gasteiger partial charge >= 0.3 is 6.03 Å². The molecule has 0 aliphatic carbocycles. The molecule has 7 heteroatoms. The van der Waals surface area contributed by atoms with Crippen molar-refractivity contribution in [2.24, 2.45) is 0 Å². The van der Waals surface area contributed by atoms with E-state index in [1.807, 2.05) is 66.1 Å². The van der Waals surface area contributed by atoms with Crippen molar-refractivity contribution < 1.29 is 9.90 Å². The number of urea groups is 1. The molecule has 0 spiro atoms. The van der Waals surface area contributed by atoms with E-state index in [1.165, 1.54) is 0 Å². The van der Waals surface area contributed by atoms with Crippen molar-refractivity contribution in [2.45, 2.75) is 25.5 Å². The SMILES string of the molecule is CC(NC(=O)NCCC(O)c1ccccc1)c1nnc2ccccn12. The van der Waals surface area contributed by atoms with Crippen LogP contribution in [0, 0.1) is 0 Å². The number of aliphatic hydroxyl groups excluding tert-OH is 1. The molecule has 2 atom stereocenters. The summed E-state index contributed by atoms with van der Waals surface area (Å²) in [4.78, 5) is 12.0. The Morgan fingerprint density at radius 1 is 1.16 bits per heavy atom. The summed E-state index contributed by atoms with van der Waals surface area (Å²) in [5.41, 5.74) is 1.57. The van der Waals surface area contributed by atoms with Crippen molar-refractivity contribution in [3.05, 3.63) is 66.1 Å². The number of hydrogen-bond donors (Lipinski definition) is 3. The van der Waals surface area contributed by atoms with Crippen LogP contribution in [-0.2, 0) is 0 Å². The molecule has 0 saturated carbocycles. The zero-order valence-corrected chi connectivity index (χ0v) is 14.0. The minimum Gasteiger partial charge on any atom is -0.388 e. The Kier molecular flexibility index (Phi) is 5.25. The van der Waals surface area contributed by atoms with E-state index in [0.29, 0.717) is 18.8 Å². The highest BCUT2D eigenvalue weighted by molar-refractivity contribution is 5.74. The molecule has 0 fully saturated rings. The van der Waals surface area contributed by atoms with Gasteiger partial charge in [0.1, 0.15) is 0 Å². The Labute approximate surface area is 145 Å². The second-order valence-corrected chi connectivity index (χ2v) is 5.82. The van der Waals surface area contributed by atoms with Crippen molar-refractivity contribution in [1.82, 2.24) is 25.2 Å². The van der Waals surface area contributed by atoms with E-state index >= 15 is 0 Å². The fourth-order valence-corrected chi connectivity index (χ4v) is 2.63. The number of carbonyl (C=O) groups is 1. The van der Waals surface area contributed by atoms with Crippen LogP contribution in [0.5, 0.6) is 0 Å². The lowest BCUT2D eigenvalue weighted by molar-refractivity contribution is 0.166. The first kappa shape index (κ1) is 16.9. The topological polar surface area (TPSA) is 91.5 Å². The molecule has 0 aliphatic heterocycles. The van der Waals surface area contributed by atoms with E-state index in [9.17, 15) is 9.90 Å². The van der Waals surface area contributed by atoms with Gasteiger partial charge in [0.25, 0.3) is 0 Å². The van der Waals surface area contributed by atoms with Crippen LogP contribution in [0.15, 0.2) is 54.7 Å². The number of aromatic nitrogens is 3. The minimum atomic E-state index is -0.598. The van der Waals surface area contributed by atoms with Gasteiger partial charge in [0, 0.05) is 12.7 Å². The van der Waals surface area contributed by atoms with Gasteiger partial charge in [0.15, 0.2) is 11.5 Å². The summed E-state index contributed by atoms with van der Waals surface area (Å²) in [5, 5.41) is 23.9. The van der Waals surface area contributed by atoms with Crippen molar-refractivity contribution in [2.75, 3.05) is 6.54 Å². The van der Waals surface area contributed by atoms with Crippen LogP contribution in [0.4, 0.5) is 4.79 Å². The maximum atomic E-state index is 12.0. The van der Waals surface area contributed by atoms with Crippen LogP contribution in [0.1, 0.15) is 36.9 Å². The van der Waals surface area contributed by atoms with Gasteiger partial charge in [-0.25, -0.2) is 4.79 Å². The number of rotatable bonds is 6. The molecule has 7 nitrogen and oxygen atoms in total. The average molecular weight is 339 g/mol. The molecule has 2 amide bonds. The molecule has 3 N–H and O–H groups in total. The van der Waals surface area contributed by atoms with Crippen LogP contribution >= 0.6 is 0 Å². The van der Waals surface area contributed by atoms with Gasteiger partial charge < -0.3 is 15.7 Å². The first-order valence-electron chi connectivity index (χ1n) is 8.22. The molecule has 25 heavy (non-hydrogen) atoms. The molecule has 2 unspecified atom stereocenters. The van der Waals surface area contributed by atoms with E-state index in [2.05, 4.69) is 20.8 Å². The van der Waals surface area contributed by atoms with Crippen LogP contribution < -0.4 is 10.6 Å². The number of amides is 2. The molecule has 130 valence electrons. The molecule has 0 radical (unpaired) electrons. The standard InChI is InChI=1S/C18H21N5O2/c1-13(17-22-21-16-9-5-6-12-23(16)17)20-18(25)19-11-10-15(24)14-7-3-2-4-8-14/h2-9,12-13,15,24H,10-11H2,1H3,(H2,19,20,25). The summed E-state index contributed by atoms with van der Waals surface area (Å²) in [6.07, 6.45) is 1.70. The summed E-state index contributed by atoms with van der Waals surface area (Å²) >= 11 is 0. The van der Waals surface area contributed by atoms with Gasteiger partial charge in [0.2, 0.25) is 0 Å². The number of aliphatic hydroxyl groups is 1. The Hall–Kier alpha value is -2.93. The van der Waals surface area contributed by atoms with E-state index in [1.54, 1.807) is 0 Å². The highest BCUT2D eigenvalue weighted by Crippen LogP contribution is 2.15. The average Bonchev–Trinajstić information content (AvgIpc) is 3.06. The van der Waals surface area contributed by atoms with Gasteiger partial charge in [-0.2, -0.15) is 0 Å². The number of nitrogens with zero attached hydrogens (tertiary/aromatic N) is 3. The van der Waals surface area contributed by atoms with E-state index in [-0.39, 0.29) is 12.1 Å². The van der Waals surface area contributed by atoms with Crippen LogP contribution in [0.25, 0.3) is 5.65 Å². The number of fused-ring (bicyclic) bond motifs is 1. The fraction of sp³-hybridized carbons (Fsp3) is 0.278. The second kappa shape index (κ2) is 7.76. The van der Waals surface area contributed by atoms with Crippen molar-refractivity contribution in [3.8, 4) is 0 Å². The summed E-state index contributed by atoms with van der Waals surface area (Å²) in [6.45, 7) is 2.22. The Balaban J connectivity index is 1.49. The summed E-state index contributed by atoms with van der Waals surface area (Å²) in [7, 11) is 0. The fourth-order valence-electron chi connectivity index (χ4n) is 2.63. The van der Waals surface area contributed by atoms with Gasteiger partial charge in [0.05, 0.1) is 12.1 Å². The third-order valence-corrected chi connectivity index (χ3v) is 3.96. The van der Waals surface area contributed by atoms with Crippen molar-refractivity contribution in [1.29, 1.82) is 0 Å². The smallest absolute Gasteiger partial charge is 0.315 e. The minimum absolute atomic E-state index is 0.295. The summed E-state index contributed by atoms with van der Waals surface area (Å²) < 4.78 is 1.84. The van der Waals surface area contributed by atoms with Gasteiger partial charge in [-0.3, -0.25) is 4.40 Å². The molecule has 1 aromatic carbocycles. The lowest BCUT2D eigenvalue weighted by atomic mass is 10.1. The Morgan fingerprint density at radius 3 is 2.72 bits per heavy atom. The largest absolute Gasteiger partial charge is 0.388 e. The maximum Gasteiger partial charge on any atom is 0.315 e. The molecule has 2 aromatic heterocycles. The van der Waals surface area contributed by atoms with Crippen LogP contribution in [-0.4, -0.2) is 32.3 Å². The number of nitrogens with one attached hydrogen (secondary N) is 2. The predicted octanol–water partition coefficient (Wildman–Crippen LogP) is 2.21. The number of benzene rings is 1. The monoisotopic (exact) mass is 339 g/mol. The molecule has 2 heterocycles. The molecular formula is C18H21N5O2. The normalized spacial score (nSPS) is 13.4. The van der Waals surface area contributed by atoms with E-state index in [4.69, 9.17) is 0 Å². The summed E-state index contributed by atoms with van der Waals surface area (Å²) in [6, 6.07) is 14.4. The lowest BCUT2D eigenvalue weighted by Gasteiger charge is -2.15. The molecular weight excluding hydrogens is 318 g/mol. The first-order valence-corrected chi connectivity index (χ1v) is 8.22. The zero-order chi connectivity index (χ0) is 17.6. The lowest BCUT2D eigenvalue weighted by Crippen LogP contribution is -2.38. The third kappa shape index (κ3) is 4.13. The quantitative estimate of drug-likeness (QED) is 0.642. The van der Waals surface area contributed by atoms with Gasteiger partial charge in [-0.05, 0) is 31.0 Å². The molecule has 3 aromatic rings. The van der Waals surface area contributed by atoms with Gasteiger partial charge in [-0.15, -0.1) is 10.2 Å². The zero-order valence-electron chi connectivity index (χ0n) is 14.0. The van der Waals surface area contributed by atoms with E-state index < -0.39 is 6.10 Å². The molecule has 0 bridgehead atoms. The number of pyridine rings is 1. The van der Waals surface area contributed by atoms with E-state index in [0.717, 1.165) is 11.2 Å². The van der Waals surface area contributed by atoms with Crippen LogP contribution in [0.3, 0.4) is 0 Å². The molecule has 0 saturated heterocycles. The van der Waals surface area contributed by atoms with Crippen molar-refractivity contribution in [3.63, 3.8) is 0 Å². The van der Waals surface area contributed by atoms with Gasteiger partial charge in [-0.1, -0.05) is 36.4 Å². The Bertz CT molecular complexity index is 834. The highest BCUT2D eigenvalue weighted by Gasteiger charge is 2.15. The Morgan fingerprint density at radius 2 is 1.92 bits per heavy atom. The molecule has 3 rings (SSSR count).